The molecular weight excluding hydrogens is 431 g/mol. The van der Waals surface area contributed by atoms with E-state index in [0.29, 0.717) is 31.2 Å². The number of likely N-dealkylation sites (tertiary alicyclic amines) is 2. The molecule has 2 aliphatic heterocycles. The summed E-state index contributed by atoms with van der Waals surface area (Å²) in [4.78, 5) is 16.8. The van der Waals surface area contributed by atoms with Crippen LogP contribution in [0.15, 0.2) is 48.5 Å². The van der Waals surface area contributed by atoms with Gasteiger partial charge in [-0.05, 0) is 93.9 Å². The Morgan fingerprint density at radius 3 is 2.21 bits per heavy atom. The minimum absolute atomic E-state index is 0.00825. The number of piperidine rings is 1. The molecule has 2 heterocycles. The molecule has 2 aliphatic rings. The Morgan fingerprint density at radius 2 is 1.62 bits per heavy atom. The van der Waals surface area contributed by atoms with Gasteiger partial charge in [0.1, 0.15) is 11.4 Å². The number of carbonyl (C=O) groups is 1. The Bertz CT molecular complexity index is 932. The van der Waals surface area contributed by atoms with Crippen LogP contribution in [0.2, 0.25) is 0 Å². The highest BCUT2D eigenvalue weighted by Gasteiger charge is 2.29. The molecule has 34 heavy (non-hydrogen) atoms. The molecule has 2 aromatic carbocycles. The number of hydrogen-bond donors (Lipinski definition) is 1. The number of carbonyl (C=O) groups excluding carboxylic acids is 1. The van der Waals surface area contributed by atoms with Gasteiger partial charge in [0, 0.05) is 18.7 Å². The number of ether oxygens (including phenoxy) is 1. The highest BCUT2D eigenvalue weighted by molar-refractivity contribution is 5.95. The summed E-state index contributed by atoms with van der Waals surface area (Å²) in [6, 6.07) is 15.7. The molecule has 6 heteroatoms. The molecule has 0 aromatic heterocycles. The molecule has 2 aromatic rings. The Hall–Kier alpha value is -2.44. The standard InChI is InChI=1S/C28H37FN2O3/c1-28(2,29)20-30-16-13-21(14-17-30)19-34-26-11-9-23(10-12-26)22-5-7-24(8-6-22)27(33)31-15-3-4-25(31)18-32/h5-12,21,25,32H,3-4,13-20H2,1-2H3/t25-/m1/s1. The number of amides is 1. The van der Waals surface area contributed by atoms with Crippen LogP contribution in [0.5, 0.6) is 5.75 Å². The quantitative estimate of drug-likeness (QED) is 0.605. The van der Waals surface area contributed by atoms with Gasteiger partial charge >= 0.3 is 0 Å². The summed E-state index contributed by atoms with van der Waals surface area (Å²) in [7, 11) is 0. The van der Waals surface area contributed by atoms with E-state index in [2.05, 4.69) is 4.90 Å². The number of benzene rings is 2. The Labute approximate surface area is 202 Å². The molecule has 0 unspecified atom stereocenters. The van der Waals surface area contributed by atoms with Gasteiger partial charge in [0.15, 0.2) is 0 Å². The van der Waals surface area contributed by atoms with Crippen molar-refractivity contribution in [1.29, 1.82) is 0 Å². The van der Waals surface area contributed by atoms with Crippen molar-refractivity contribution in [1.82, 2.24) is 9.80 Å². The maximum atomic E-state index is 13.9. The van der Waals surface area contributed by atoms with Crippen LogP contribution in [0.4, 0.5) is 4.39 Å². The van der Waals surface area contributed by atoms with Gasteiger partial charge in [-0.1, -0.05) is 24.3 Å². The van der Waals surface area contributed by atoms with Gasteiger partial charge in [0.2, 0.25) is 0 Å². The molecule has 1 N–H and O–H groups in total. The van der Waals surface area contributed by atoms with Crippen molar-refractivity contribution in [2.75, 3.05) is 39.4 Å². The topological polar surface area (TPSA) is 53.0 Å². The van der Waals surface area contributed by atoms with Gasteiger partial charge in [-0.3, -0.25) is 4.79 Å². The summed E-state index contributed by atoms with van der Waals surface area (Å²) in [5.74, 6) is 1.35. The predicted molar refractivity (Wildman–Crippen MR) is 133 cm³/mol. The minimum Gasteiger partial charge on any atom is -0.493 e. The van der Waals surface area contributed by atoms with Crippen molar-refractivity contribution in [3.63, 3.8) is 0 Å². The molecule has 5 nitrogen and oxygen atoms in total. The second-order valence-corrected chi connectivity index (χ2v) is 10.3. The molecule has 0 spiro atoms. The first-order chi connectivity index (χ1) is 16.3. The average Bonchev–Trinajstić information content (AvgIpc) is 3.32. The molecule has 0 bridgehead atoms. The van der Waals surface area contributed by atoms with Gasteiger partial charge in [0.25, 0.3) is 5.91 Å². The summed E-state index contributed by atoms with van der Waals surface area (Å²) in [6.07, 6.45) is 3.89. The first kappa shape index (κ1) is 24.7. The predicted octanol–water partition coefficient (Wildman–Crippen LogP) is 4.79. The van der Waals surface area contributed by atoms with Crippen molar-refractivity contribution in [3.8, 4) is 16.9 Å². The number of rotatable bonds is 8. The fraction of sp³-hybridized carbons (Fsp3) is 0.536. The number of halogens is 1. The lowest BCUT2D eigenvalue weighted by Gasteiger charge is -2.34. The third-order valence-electron chi connectivity index (χ3n) is 6.96. The minimum atomic E-state index is -1.14. The van der Waals surface area contributed by atoms with Crippen LogP contribution in [0.1, 0.15) is 49.9 Å². The van der Waals surface area contributed by atoms with Gasteiger partial charge in [-0.15, -0.1) is 0 Å². The second-order valence-electron chi connectivity index (χ2n) is 10.3. The van der Waals surface area contributed by atoms with Crippen LogP contribution < -0.4 is 4.74 Å². The Kier molecular flexibility index (Phi) is 7.89. The number of nitrogens with zero attached hydrogens (tertiary/aromatic N) is 2. The maximum absolute atomic E-state index is 13.9. The molecule has 2 fully saturated rings. The summed E-state index contributed by atoms with van der Waals surface area (Å²) >= 11 is 0. The zero-order chi connectivity index (χ0) is 24.1. The number of alkyl halides is 1. The SMILES string of the molecule is CC(C)(F)CN1CCC(COc2ccc(-c3ccc(C(=O)N4CCC[C@@H]4CO)cc3)cc2)CC1. The van der Waals surface area contributed by atoms with Crippen LogP contribution in [0.25, 0.3) is 11.1 Å². The molecule has 0 saturated carbocycles. The van der Waals surface area contributed by atoms with Crippen molar-refractivity contribution < 1.29 is 19.0 Å². The third-order valence-corrected chi connectivity index (χ3v) is 6.96. The lowest BCUT2D eigenvalue weighted by Crippen LogP contribution is -2.41. The fourth-order valence-corrected chi connectivity index (χ4v) is 5.06. The molecule has 184 valence electrons. The van der Waals surface area contributed by atoms with Gasteiger partial charge in [-0.25, -0.2) is 4.39 Å². The number of aliphatic hydroxyl groups excluding tert-OH is 1. The summed E-state index contributed by atoms with van der Waals surface area (Å²) in [6.45, 7) is 7.06. The lowest BCUT2D eigenvalue weighted by atomic mass is 9.97. The smallest absolute Gasteiger partial charge is 0.254 e. The molecular formula is C28H37FN2O3. The van der Waals surface area contributed by atoms with E-state index < -0.39 is 5.67 Å². The van der Waals surface area contributed by atoms with Crippen molar-refractivity contribution in [2.45, 2.75) is 51.2 Å². The van der Waals surface area contributed by atoms with Gasteiger partial charge in [0.05, 0.1) is 19.3 Å². The second kappa shape index (κ2) is 10.9. The zero-order valence-corrected chi connectivity index (χ0v) is 20.4. The molecule has 0 radical (unpaired) electrons. The average molecular weight is 469 g/mol. The third kappa shape index (κ3) is 6.36. The van der Waals surface area contributed by atoms with Crippen LogP contribution in [0.3, 0.4) is 0 Å². The molecule has 2 saturated heterocycles. The highest BCUT2D eigenvalue weighted by atomic mass is 19.1. The summed E-state index contributed by atoms with van der Waals surface area (Å²) in [5.41, 5.74) is 1.64. The Balaban J connectivity index is 1.27. The first-order valence-electron chi connectivity index (χ1n) is 12.5. The first-order valence-corrected chi connectivity index (χ1v) is 12.5. The van der Waals surface area contributed by atoms with E-state index in [9.17, 15) is 14.3 Å². The van der Waals surface area contributed by atoms with Crippen molar-refractivity contribution in [3.05, 3.63) is 54.1 Å². The Morgan fingerprint density at radius 1 is 1.00 bits per heavy atom. The van der Waals surface area contributed by atoms with E-state index in [1.807, 2.05) is 48.5 Å². The van der Waals surface area contributed by atoms with E-state index >= 15 is 0 Å². The van der Waals surface area contributed by atoms with Crippen LogP contribution in [0, 0.1) is 5.92 Å². The van der Waals surface area contributed by atoms with Gasteiger partial charge in [-0.2, -0.15) is 0 Å². The van der Waals surface area contributed by atoms with Crippen molar-refractivity contribution in [2.24, 2.45) is 5.92 Å². The monoisotopic (exact) mass is 468 g/mol. The number of hydrogen-bond acceptors (Lipinski definition) is 4. The van der Waals surface area contributed by atoms with E-state index in [1.54, 1.807) is 18.7 Å². The molecule has 0 aliphatic carbocycles. The molecule has 4 rings (SSSR count). The van der Waals surface area contributed by atoms with Crippen molar-refractivity contribution >= 4 is 5.91 Å². The summed E-state index contributed by atoms with van der Waals surface area (Å²) in [5, 5.41) is 9.49. The van der Waals surface area contributed by atoms with Crippen LogP contribution in [-0.4, -0.2) is 71.9 Å². The van der Waals surface area contributed by atoms with E-state index in [1.165, 1.54) is 0 Å². The maximum Gasteiger partial charge on any atom is 0.254 e. The van der Waals surface area contributed by atoms with E-state index in [0.717, 1.165) is 55.6 Å². The largest absolute Gasteiger partial charge is 0.493 e. The fourth-order valence-electron chi connectivity index (χ4n) is 5.06. The van der Waals surface area contributed by atoms with Crippen LogP contribution in [-0.2, 0) is 0 Å². The van der Waals surface area contributed by atoms with E-state index in [4.69, 9.17) is 4.74 Å². The highest BCUT2D eigenvalue weighted by Crippen LogP contribution is 2.26. The molecule has 1 atom stereocenters. The molecule has 1 amide bonds. The van der Waals surface area contributed by atoms with E-state index in [-0.39, 0.29) is 18.6 Å². The zero-order valence-electron chi connectivity index (χ0n) is 20.4. The van der Waals surface area contributed by atoms with Crippen LogP contribution >= 0.6 is 0 Å². The summed E-state index contributed by atoms with van der Waals surface area (Å²) < 4.78 is 19.9. The normalized spacial score (nSPS) is 20.0. The lowest BCUT2D eigenvalue weighted by molar-refractivity contribution is 0.0677. The van der Waals surface area contributed by atoms with Gasteiger partial charge < -0.3 is 19.6 Å². The number of aliphatic hydroxyl groups is 1.